The minimum atomic E-state index is 0.143. The minimum absolute atomic E-state index is 0.143. The van der Waals surface area contributed by atoms with E-state index in [4.69, 9.17) is 0 Å². The number of ketones is 1. The lowest BCUT2D eigenvalue weighted by Gasteiger charge is -2.47. The highest BCUT2D eigenvalue weighted by Gasteiger charge is 2.42. The molecule has 1 unspecified atom stereocenters. The van der Waals surface area contributed by atoms with Crippen molar-refractivity contribution in [3.63, 3.8) is 0 Å². The number of carbonyl (C=O) groups is 1. The van der Waals surface area contributed by atoms with E-state index in [0.717, 1.165) is 5.56 Å². The van der Waals surface area contributed by atoms with Gasteiger partial charge in [0.2, 0.25) is 0 Å². The van der Waals surface area contributed by atoms with Gasteiger partial charge >= 0.3 is 0 Å². The lowest BCUT2D eigenvalue weighted by molar-refractivity contribution is 0.101. The maximum absolute atomic E-state index is 12.1. The van der Waals surface area contributed by atoms with Crippen LogP contribution in [0, 0.1) is 5.92 Å². The fraction of sp³-hybridized carbons (Fsp3) is 0.650. The molecule has 0 saturated heterocycles. The molecule has 1 aliphatic carbocycles. The molecule has 0 amide bonds. The highest BCUT2D eigenvalue weighted by Crippen LogP contribution is 2.50. The van der Waals surface area contributed by atoms with Crippen LogP contribution in [0.3, 0.4) is 0 Å². The number of carbonyl (C=O) groups excluding carboxylic acids is 1. The van der Waals surface area contributed by atoms with E-state index in [-0.39, 0.29) is 16.6 Å². The Bertz CT molecular complexity index is 576. The molecule has 0 aliphatic heterocycles. The van der Waals surface area contributed by atoms with E-state index in [0.29, 0.717) is 11.8 Å². The molecule has 0 radical (unpaired) electrons. The molecule has 1 atom stereocenters. The third-order valence-corrected chi connectivity index (χ3v) is 5.66. The summed E-state index contributed by atoms with van der Waals surface area (Å²) < 4.78 is 0. The molecule has 0 spiro atoms. The number of Topliss-reactive ketones (excluding diaryl/α,β-unsaturated/α-hetero) is 1. The zero-order valence-electron chi connectivity index (χ0n) is 14.9. The van der Waals surface area contributed by atoms with Crippen LogP contribution in [0.15, 0.2) is 12.1 Å². The Morgan fingerprint density at radius 1 is 1.14 bits per heavy atom. The molecule has 0 bridgehead atoms. The van der Waals surface area contributed by atoms with Crippen molar-refractivity contribution in [3.05, 3.63) is 34.4 Å². The zero-order valence-corrected chi connectivity index (χ0v) is 14.9. The monoisotopic (exact) mass is 286 g/mol. The Morgan fingerprint density at radius 2 is 1.71 bits per heavy atom. The van der Waals surface area contributed by atoms with Gasteiger partial charge in [0, 0.05) is 5.56 Å². The van der Waals surface area contributed by atoms with Gasteiger partial charge in [-0.2, -0.15) is 0 Å². The van der Waals surface area contributed by atoms with Gasteiger partial charge in [0.05, 0.1) is 0 Å². The molecule has 0 fully saturated rings. The van der Waals surface area contributed by atoms with E-state index < -0.39 is 0 Å². The molecule has 1 aromatic rings. The first kappa shape index (κ1) is 16.3. The second-order valence-corrected chi connectivity index (χ2v) is 8.41. The van der Waals surface area contributed by atoms with Gasteiger partial charge in [-0.3, -0.25) is 4.79 Å². The summed E-state index contributed by atoms with van der Waals surface area (Å²) in [5.74, 6) is 1.21. The molecule has 2 rings (SSSR count). The van der Waals surface area contributed by atoms with E-state index in [1.807, 2.05) is 0 Å². The van der Waals surface area contributed by atoms with Gasteiger partial charge in [0.25, 0.3) is 0 Å². The van der Waals surface area contributed by atoms with Gasteiger partial charge in [-0.1, -0.05) is 54.5 Å². The van der Waals surface area contributed by atoms with Gasteiger partial charge in [0.1, 0.15) is 0 Å². The number of rotatable bonds is 2. The Kier molecular flexibility index (Phi) is 3.85. The first-order chi connectivity index (χ1) is 9.48. The lowest BCUT2D eigenvalue weighted by Crippen LogP contribution is -2.40. The van der Waals surface area contributed by atoms with E-state index in [2.05, 4.69) is 60.6 Å². The Morgan fingerprint density at radius 3 is 2.19 bits per heavy atom. The number of benzene rings is 1. The summed E-state index contributed by atoms with van der Waals surface area (Å²) in [6, 6.07) is 4.52. The zero-order chi connectivity index (χ0) is 16.2. The van der Waals surface area contributed by atoms with Crippen LogP contribution >= 0.6 is 0 Å². The molecule has 21 heavy (non-hydrogen) atoms. The normalized spacial score (nSPS) is 23.0. The van der Waals surface area contributed by atoms with Crippen LogP contribution < -0.4 is 0 Å². The van der Waals surface area contributed by atoms with Crippen molar-refractivity contribution in [2.45, 2.75) is 78.6 Å². The van der Waals surface area contributed by atoms with E-state index in [1.54, 1.807) is 6.92 Å². The highest BCUT2D eigenvalue weighted by molar-refractivity contribution is 5.96. The van der Waals surface area contributed by atoms with Crippen molar-refractivity contribution in [2.24, 2.45) is 5.92 Å². The lowest BCUT2D eigenvalue weighted by atomic mass is 9.57. The van der Waals surface area contributed by atoms with Crippen molar-refractivity contribution >= 4 is 5.78 Å². The van der Waals surface area contributed by atoms with Crippen LogP contribution in [-0.2, 0) is 10.8 Å². The summed E-state index contributed by atoms with van der Waals surface area (Å²) in [7, 11) is 0. The van der Waals surface area contributed by atoms with Gasteiger partial charge < -0.3 is 0 Å². The van der Waals surface area contributed by atoms with Crippen LogP contribution in [-0.4, -0.2) is 5.78 Å². The predicted octanol–water partition coefficient (Wildman–Crippen LogP) is 5.61. The maximum Gasteiger partial charge on any atom is 0.160 e. The molecular formula is C20H30O. The highest BCUT2D eigenvalue weighted by atomic mass is 16.1. The van der Waals surface area contributed by atoms with Crippen LogP contribution in [0.25, 0.3) is 0 Å². The number of hydrogen-bond donors (Lipinski definition) is 0. The average molecular weight is 286 g/mol. The molecule has 0 aromatic heterocycles. The molecule has 116 valence electrons. The molecule has 1 heteroatoms. The Labute approximate surface area is 130 Å². The standard InChI is InChI=1S/C20H30O/c1-12(2)15-9-18-17(10-16(15)14(4)21)19(5,6)11-13(3)20(18,7)8/h9-10,12-13H,11H2,1-8H3. The molecular weight excluding hydrogens is 256 g/mol. The van der Waals surface area contributed by atoms with Crippen molar-refractivity contribution < 1.29 is 4.79 Å². The SMILES string of the molecule is CC(=O)c1cc2c(cc1C(C)C)C(C)(C)C(C)CC2(C)C. The molecule has 0 N–H and O–H groups in total. The fourth-order valence-electron chi connectivity index (χ4n) is 3.89. The third kappa shape index (κ3) is 2.56. The van der Waals surface area contributed by atoms with Crippen molar-refractivity contribution in [1.82, 2.24) is 0 Å². The number of hydrogen-bond acceptors (Lipinski definition) is 1. The number of fused-ring (bicyclic) bond motifs is 1. The largest absolute Gasteiger partial charge is 0.295 e. The smallest absolute Gasteiger partial charge is 0.160 e. The maximum atomic E-state index is 12.1. The summed E-state index contributed by atoms with van der Waals surface area (Å²) in [5, 5.41) is 0. The topological polar surface area (TPSA) is 17.1 Å². The Balaban J connectivity index is 2.80. The van der Waals surface area contributed by atoms with Crippen LogP contribution in [0.1, 0.15) is 94.8 Å². The van der Waals surface area contributed by atoms with Crippen LogP contribution in [0.4, 0.5) is 0 Å². The molecule has 1 aliphatic rings. The fourth-order valence-corrected chi connectivity index (χ4v) is 3.89. The molecule has 1 nitrogen and oxygen atoms in total. The van der Waals surface area contributed by atoms with Crippen molar-refractivity contribution in [2.75, 3.05) is 0 Å². The third-order valence-electron chi connectivity index (χ3n) is 5.66. The summed E-state index contributed by atoms with van der Waals surface area (Å²) in [6.45, 7) is 17.7. The minimum Gasteiger partial charge on any atom is -0.295 e. The molecule has 1 aromatic carbocycles. The Hall–Kier alpha value is -1.11. The van der Waals surface area contributed by atoms with E-state index >= 15 is 0 Å². The summed E-state index contributed by atoms with van der Waals surface area (Å²) in [5.41, 5.74) is 5.26. The van der Waals surface area contributed by atoms with E-state index in [9.17, 15) is 4.79 Å². The summed E-state index contributed by atoms with van der Waals surface area (Å²) in [4.78, 5) is 12.1. The van der Waals surface area contributed by atoms with Crippen molar-refractivity contribution in [1.29, 1.82) is 0 Å². The first-order valence-corrected chi connectivity index (χ1v) is 8.18. The van der Waals surface area contributed by atoms with Gasteiger partial charge in [-0.15, -0.1) is 0 Å². The van der Waals surface area contributed by atoms with Crippen LogP contribution in [0.2, 0.25) is 0 Å². The van der Waals surface area contributed by atoms with Crippen LogP contribution in [0.5, 0.6) is 0 Å². The predicted molar refractivity (Wildman–Crippen MR) is 90.4 cm³/mol. The summed E-state index contributed by atoms with van der Waals surface area (Å²) >= 11 is 0. The second-order valence-electron chi connectivity index (χ2n) is 8.41. The van der Waals surface area contributed by atoms with E-state index in [1.165, 1.54) is 23.1 Å². The molecule has 0 heterocycles. The van der Waals surface area contributed by atoms with Gasteiger partial charge in [-0.25, -0.2) is 0 Å². The summed E-state index contributed by atoms with van der Waals surface area (Å²) in [6.07, 6.45) is 1.17. The second kappa shape index (κ2) is 4.97. The molecule has 0 saturated carbocycles. The first-order valence-electron chi connectivity index (χ1n) is 8.18. The van der Waals surface area contributed by atoms with Gasteiger partial charge in [-0.05, 0) is 58.8 Å². The van der Waals surface area contributed by atoms with Gasteiger partial charge in [0.15, 0.2) is 5.78 Å². The van der Waals surface area contributed by atoms with Crippen molar-refractivity contribution in [3.8, 4) is 0 Å². The average Bonchev–Trinajstić information content (AvgIpc) is 2.34. The quantitative estimate of drug-likeness (QED) is 0.646.